The largest absolute Gasteiger partial charge is 0.339 e. The Labute approximate surface area is 144 Å². The molecule has 0 aromatic carbocycles. The average Bonchev–Trinajstić information content (AvgIpc) is 3.18. The van der Waals surface area contributed by atoms with Crippen molar-refractivity contribution < 1.29 is 9.32 Å². The third-order valence-corrected chi connectivity index (χ3v) is 4.74. The van der Waals surface area contributed by atoms with Crippen LogP contribution < -0.4 is 10.6 Å². The van der Waals surface area contributed by atoms with Crippen LogP contribution in [0.5, 0.6) is 0 Å². The zero-order valence-corrected chi connectivity index (χ0v) is 14.9. The number of amides is 1. The van der Waals surface area contributed by atoms with Gasteiger partial charge in [0.15, 0.2) is 11.0 Å². The van der Waals surface area contributed by atoms with Crippen LogP contribution in [-0.4, -0.2) is 52.6 Å². The Kier molecular flexibility index (Phi) is 5.22. The number of anilines is 1. The number of thiazole rings is 1. The normalized spacial score (nSPS) is 18.9. The predicted molar refractivity (Wildman–Crippen MR) is 90.9 cm³/mol. The summed E-state index contributed by atoms with van der Waals surface area (Å²) in [6, 6.07) is 0.132. The fourth-order valence-corrected chi connectivity index (χ4v) is 3.13. The molecule has 8 nitrogen and oxygen atoms in total. The second-order valence-corrected chi connectivity index (χ2v) is 7.07. The lowest BCUT2D eigenvalue weighted by Crippen LogP contribution is -2.44. The molecule has 130 valence electrons. The molecule has 24 heavy (non-hydrogen) atoms. The number of carbonyl (C=O) groups excluding carboxylic acids is 1. The maximum Gasteiger partial charge on any atom is 0.232 e. The molecule has 3 rings (SSSR count). The van der Waals surface area contributed by atoms with Crippen molar-refractivity contribution in [2.24, 2.45) is 5.92 Å². The number of aromatic nitrogens is 3. The zero-order valence-electron chi connectivity index (χ0n) is 14.1. The van der Waals surface area contributed by atoms with Crippen LogP contribution in [0.1, 0.15) is 37.3 Å². The number of piperazine rings is 1. The molecule has 1 fully saturated rings. The van der Waals surface area contributed by atoms with E-state index in [2.05, 4.69) is 37.7 Å². The van der Waals surface area contributed by atoms with Gasteiger partial charge in [0, 0.05) is 30.9 Å². The third-order valence-electron chi connectivity index (χ3n) is 3.93. The van der Waals surface area contributed by atoms with Gasteiger partial charge in [-0.25, -0.2) is 4.98 Å². The highest BCUT2D eigenvalue weighted by Crippen LogP contribution is 2.21. The minimum Gasteiger partial charge on any atom is -0.339 e. The smallest absolute Gasteiger partial charge is 0.232 e. The van der Waals surface area contributed by atoms with E-state index in [0.717, 1.165) is 25.3 Å². The fraction of sp³-hybridized carbons (Fsp3) is 0.600. The molecule has 2 N–H and O–H groups in total. The zero-order chi connectivity index (χ0) is 17.1. The average molecular weight is 350 g/mol. The van der Waals surface area contributed by atoms with Crippen LogP contribution in [0, 0.1) is 5.92 Å². The summed E-state index contributed by atoms with van der Waals surface area (Å²) in [6.07, 6.45) is 0.463. The highest BCUT2D eigenvalue weighted by molar-refractivity contribution is 7.13. The SMILES string of the molecule is CC(C)C(=O)Nc1nc(Cc2nc(C3CNCCN3C)no2)cs1. The first-order valence-corrected chi connectivity index (χ1v) is 8.89. The molecule has 0 radical (unpaired) electrons. The highest BCUT2D eigenvalue weighted by atomic mass is 32.1. The number of nitrogens with zero attached hydrogens (tertiary/aromatic N) is 4. The molecule has 1 unspecified atom stereocenters. The second kappa shape index (κ2) is 7.37. The molecule has 1 amide bonds. The van der Waals surface area contributed by atoms with Gasteiger partial charge in [0.1, 0.15) is 0 Å². The van der Waals surface area contributed by atoms with Gasteiger partial charge in [0.2, 0.25) is 11.8 Å². The van der Waals surface area contributed by atoms with E-state index in [1.165, 1.54) is 11.3 Å². The van der Waals surface area contributed by atoms with Crippen molar-refractivity contribution in [3.05, 3.63) is 22.8 Å². The molecule has 9 heteroatoms. The van der Waals surface area contributed by atoms with E-state index in [1.807, 2.05) is 19.2 Å². The van der Waals surface area contributed by atoms with Crippen LogP contribution in [0.2, 0.25) is 0 Å². The van der Waals surface area contributed by atoms with Crippen LogP contribution in [0.15, 0.2) is 9.90 Å². The minimum atomic E-state index is -0.0723. The van der Waals surface area contributed by atoms with Gasteiger partial charge in [-0.1, -0.05) is 19.0 Å². The summed E-state index contributed by atoms with van der Waals surface area (Å²) in [4.78, 5) is 22.8. The standard InChI is InChI=1S/C15H22N6O2S/c1-9(2)14(22)19-15-17-10(8-24-15)6-12-18-13(20-23-12)11-7-16-4-5-21(11)3/h8-9,11,16H,4-7H2,1-3H3,(H,17,19,22). The highest BCUT2D eigenvalue weighted by Gasteiger charge is 2.25. The Morgan fingerprint density at radius 1 is 1.54 bits per heavy atom. The van der Waals surface area contributed by atoms with E-state index >= 15 is 0 Å². The molecule has 0 bridgehead atoms. The summed E-state index contributed by atoms with van der Waals surface area (Å²) in [5, 5.41) is 12.7. The van der Waals surface area contributed by atoms with E-state index in [-0.39, 0.29) is 17.9 Å². The van der Waals surface area contributed by atoms with E-state index in [1.54, 1.807) is 0 Å². The van der Waals surface area contributed by atoms with Crippen LogP contribution in [0.4, 0.5) is 5.13 Å². The van der Waals surface area contributed by atoms with Gasteiger partial charge in [-0.15, -0.1) is 11.3 Å². The second-order valence-electron chi connectivity index (χ2n) is 6.21. The van der Waals surface area contributed by atoms with Gasteiger partial charge in [-0.3, -0.25) is 9.69 Å². The molecule has 0 saturated carbocycles. The lowest BCUT2D eigenvalue weighted by molar-refractivity contribution is -0.118. The van der Waals surface area contributed by atoms with Gasteiger partial charge in [0.25, 0.3) is 0 Å². The van der Waals surface area contributed by atoms with Gasteiger partial charge in [0.05, 0.1) is 18.2 Å². The molecule has 2 aromatic rings. The Bertz CT molecular complexity index is 698. The molecule has 1 atom stereocenters. The van der Waals surface area contributed by atoms with E-state index in [9.17, 15) is 4.79 Å². The monoisotopic (exact) mass is 350 g/mol. The number of rotatable bonds is 5. The van der Waals surface area contributed by atoms with E-state index < -0.39 is 0 Å². The Morgan fingerprint density at radius 3 is 3.12 bits per heavy atom. The summed E-state index contributed by atoms with van der Waals surface area (Å²) < 4.78 is 5.36. The van der Waals surface area contributed by atoms with Gasteiger partial charge in [-0.05, 0) is 7.05 Å². The number of likely N-dealkylation sites (N-methyl/N-ethyl adjacent to an activating group) is 1. The quantitative estimate of drug-likeness (QED) is 0.839. The number of hydrogen-bond donors (Lipinski definition) is 2. The summed E-state index contributed by atoms with van der Waals surface area (Å²) in [7, 11) is 2.06. The maximum atomic E-state index is 11.7. The van der Waals surface area contributed by atoms with Crippen molar-refractivity contribution in [2.45, 2.75) is 26.3 Å². The fourth-order valence-electron chi connectivity index (χ4n) is 2.42. The molecule has 3 heterocycles. The number of hydrogen-bond acceptors (Lipinski definition) is 8. The molecule has 1 aliphatic heterocycles. The topological polar surface area (TPSA) is 96.2 Å². The molecule has 2 aromatic heterocycles. The number of nitrogens with one attached hydrogen (secondary N) is 2. The first-order chi connectivity index (χ1) is 11.5. The number of carbonyl (C=O) groups is 1. The van der Waals surface area contributed by atoms with Crippen LogP contribution in [0.25, 0.3) is 0 Å². The lowest BCUT2D eigenvalue weighted by Gasteiger charge is -2.30. The Balaban J connectivity index is 1.63. The van der Waals surface area contributed by atoms with E-state index in [4.69, 9.17) is 4.52 Å². The van der Waals surface area contributed by atoms with Crippen molar-refractivity contribution in [1.82, 2.24) is 25.3 Å². The van der Waals surface area contributed by atoms with Crippen molar-refractivity contribution in [3.63, 3.8) is 0 Å². The van der Waals surface area contributed by atoms with Gasteiger partial charge >= 0.3 is 0 Å². The van der Waals surface area contributed by atoms with E-state index in [0.29, 0.717) is 23.3 Å². The van der Waals surface area contributed by atoms with Crippen molar-refractivity contribution >= 4 is 22.4 Å². The molecule has 0 aliphatic carbocycles. The first-order valence-electron chi connectivity index (χ1n) is 8.01. The summed E-state index contributed by atoms with van der Waals surface area (Å²) in [5.74, 6) is 1.13. The summed E-state index contributed by atoms with van der Waals surface area (Å²) in [5.41, 5.74) is 0.810. The minimum absolute atomic E-state index is 0.0381. The van der Waals surface area contributed by atoms with Crippen LogP contribution >= 0.6 is 11.3 Å². The van der Waals surface area contributed by atoms with Gasteiger partial charge < -0.3 is 15.2 Å². The molecule has 1 aliphatic rings. The predicted octanol–water partition coefficient (Wildman–Crippen LogP) is 1.29. The summed E-state index contributed by atoms with van der Waals surface area (Å²) in [6.45, 7) is 6.44. The van der Waals surface area contributed by atoms with Crippen molar-refractivity contribution in [2.75, 3.05) is 32.0 Å². The Hall–Kier alpha value is -1.84. The molecule has 1 saturated heterocycles. The van der Waals surface area contributed by atoms with Crippen LogP contribution in [-0.2, 0) is 11.2 Å². The first kappa shape index (κ1) is 17.0. The maximum absolute atomic E-state index is 11.7. The molecule has 0 spiro atoms. The molecular weight excluding hydrogens is 328 g/mol. The third kappa shape index (κ3) is 3.97. The lowest BCUT2D eigenvalue weighted by atomic mass is 10.2. The summed E-state index contributed by atoms with van der Waals surface area (Å²) >= 11 is 1.40. The van der Waals surface area contributed by atoms with Crippen LogP contribution in [0.3, 0.4) is 0 Å². The van der Waals surface area contributed by atoms with Gasteiger partial charge in [-0.2, -0.15) is 4.98 Å². The molecular formula is C15H22N6O2S. The van der Waals surface area contributed by atoms with Crippen molar-refractivity contribution in [3.8, 4) is 0 Å². The van der Waals surface area contributed by atoms with Crippen molar-refractivity contribution in [1.29, 1.82) is 0 Å². The Morgan fingerprint density at radius 2 is 2.38 bits per heavy atom.